The lowest BCUT2D eigenvalue weighted by atomic mass is 9.97. The molecule has 0 aliphatic carbocycles. The predicted octanol–water partition coefficient (Wildman–Crippen LogP) is 1.98. The third-order valence-electron chi connectivity index (χ3n) is 4.48. The van der Waals surface area contributed by atoms with Gasteiger partial charge in [0.1, 0.15) is 6.20 Å². The molecule has 0 bridgehead atoms. The first-order valence-corrected chi connectivity index (χ1v) is 8.28. The minimum atomic E-state index is -4.96. The summed E-state index contributed by atoms with van der Waals surface area (Å²) in [6.45, 7) is -0.840. The van der Waals surface area contributed by atoms with Gasteiger partial charge in [0, 0.05) is 12.2 Å². The van der Waals surface area contributed by atoms with Crippen LogP contribution in [0.25, 0.3) is 0 Å². The molecule has 6 nitrogen and oxygen atoms in total. The van der Waals surface area contributed by atoms with Crippen LogP contribution in [-0.4, -0.2) is 29.9 Å². The first-order chi connectivity index (χ1) is 13.4. The van der Waals surface area contributed by atoms with Crippen molar-refractivity contribution in [3.8, 4) is 0 Å². The van der Waals surface area contributed by atoms with E-state index < -0.39 is 41.7 Å². The summed E-state index contributed by atoms with van der Waals surface area (Å²) in [6, 6.07) is 0.641. The molecule has 0 saturated carbocycles. The average molecular weight is 424 g/mol. The largest absolute Gasteiger partial charge is 0.416 e. The number of urea groups is 1. The number of quaternary nitrogens is 1. The van der Waals surface area contributed by atoms with Gasteiger partial charge < -0.3 is 15.4 Å². The van der Waals surface area contributed by atoms with Crippen molar-refractivity contribution >= 4 is 6.03 Å². The number of amides is 2. The second-order valence-electron chi connectivity index (χ2n) is 6.62. The van der Waals surface area contributed by atoms with Crippen molar-refractivity contribution in [1.82, 2.24) is 10.6 Å². The number of alkyl halides is 6. The van der Waals surface area contributed by atoms with Crippen LogP contribution in [0.1, 0.15) is 16.7 Å². The summed E-state index contributed by atoms with van der Waals surface area (Å²) in [5, 5.41) is 14.9. The van der Waals surface area contributed by atoms with Crippen molar-refractivity contribution in [2.24, 2.45) is 0 Å². The Hall–Kier alpha value is -2.57. The summed E-state index contributed by atoms with van der Waals surface area (Å²) >= 11 is 0. The molecule has 4 N–H and O–H groups in total. The van der Waals surface area contributed by atoms with Gasteiger partial charge in [-0.15, -0.1) is 5.06 Å². The topological polar surface area (TPSA) is 75.0 Å². The van der Waals surface area contributed by atoms with Gasteiger partial charge in [0.2, 0.25) is 0 Å². The molecule has 1 fully saturated rings. The Morgan fingerprint density at radius 1 is 1.10 bits per heavy atom. The Labute approximate surface area is 160 Å². The van der Waals surface area contributed by atoms with Crippen LogP contribution in [0, 0.1) is 0 Å². The van der Waals surface area contributed by atoms with Crippen LogP contribution in [0.4, 0.5) is 31.1 Å². The fraction of sp³-hybridized carbons (Fsp3) is 0.353. The van der Waals surface area contributed by atoms with E-state index in [2.05, 4.69) is 10.6 Å². The molecular weight excluding hydrogens is 408 g/mol. The molecular formula is C17H16F6N3O3+. The number of ether oxygens (including phenoxy) is 1. The van der Waals surface area contributed by atoms with Crippen LogP contribution in [-0.2, 0) is 23.7 Å². The molecule has 0 spiro atoms. The second kappa shape index (κ2) is 7.35. The molecule has 0 radical (unpaired) electrons. The number of hydrogen-bond acceptors (Lipinski definition) is 3. The number of halogens is 6. The minimum absolute atomic E-state index is 0.0137. The standard InChI is InChI=1S/C17H15F6N3O3/c18-16(19,20)11-4-10(5-12(6-11)17(21,22)23)7-29-9-15(8-24-14(27)25-15)13-2-1-3-26(13)28/h1-6,28H,7-9H2,(H2,24,25,27)/p+1. The van der Waals surface area contributed by atoms with E-state index in [-0.39, 0.29) is 29.8 Å². The van der Waals surface area contributed by atoms with Crippen molar-refractivity contribution in [3.05, 3.63) is 58.9 Å². The molecule has 1 aromatic rings. The van der Waals surface area contributed by atoms with Gasteiger partial charge in [0.05, 0.1) is 30.9 Å². The number of allylic oxidation sites excluding steroid dienone is 2. The highest BCUT2D eigenvalue weighted by Gasteiger charge is 2.48. The third kappa shape index (κ3) is 4.54. The SMILES string of the molecule is O=C1NCC(COCc2cc(C(F)(F)F)cc(C(F)(F)F)c2)(C2=CC=C[NH+]2O)N1. The number of nitrogens with one attached hydrogen (secondary N) is 3. The lowest BCUT2D eigenvalue weighted by Gasteiger charge is -2.28. The fourth-order valence-electron chi connectivity index (χ4n) is 3.13. The van der Waals surface area contributed by atoms with E-state index in [1.54, 1.807) is 0 Å². The van der Waals surface area contributed by atoms with E-state index in [1.165, 1.54) is 18.4 Å². The minimum Gasteiger partial charge on any atom is -0.374 e. The summed E-state index contributed by atoms with van der Waals surface area (Å²) < 4.78 is 83.0. The predicted molar refractivity (Wildman–Crippen MR) is 85.3 cm³/mol. The van der Waals surface area contributed by atoms with Crippen molar-refractivity contribution < 1.29 is 46.1 Å². The van der Waals surface area contributed by atoms with Gasteiger partial charge in [-0.3, -0.25) is 0 Å². The molecule has 3 rings (SSSR count). The average Bonchev–Trinajstić information content (AvgIpc) is 3.20. The van der Waals surface area contributed by atoms with Crippen LogP contribution in [0.15, 0.2) is 42.2 Å². The van der Waals surface area contributed by atoms with Gasteiger partial charge in [-0.25, -0.2) is 10.0 Å². The van der Waals surface area contributed by atoms with Gasteiger partial charge in [-0.05, 0) is 23.8 Å². The zero-order valence-corrected chi connectivity index (χ0v) is 14.6. The summed E-state index contributed by atoms with van der Waals surface area (Å²) in [7, 11) is 0. The first-order valence-electron chi connectivity index (χ1n) is 8.28. The van der Waals surface area contributed by atoms with E-state index in [4.69, 9.17) is 4.74 Å². The molecule has 29 heavy (non-hydrogen) atoms. The molecule has 2 unspecified atom stereocenters. The number of benzene rings is 1. The molecule has 12 heteroatoms. The highest BCUT2D eigenvalue weighted by molar-refractivity contribution is 5.78. The Balaban J connectivity index is 1.79. The van der Waals surface area contributed by atoms with Crippen LogP contribution in [0.2, 0.25) is 0 Å². The third-order valence-corrected chi connectivity index (χ3v) is 4.48. The lowest BCUT2D eigenvalue weighted by molar-refractivity contribution is -1.01. The van der Waals surface area contributed by atoms with Crippen molar-refractivity contribution in [1.29, 1.82) is 0 Å². The van der Waals surface area contributed by atoms with E-state index in [0.29, 0.717) is 17.8 Å². The fourth-order valence-corrected chi connectivity index (χ4v) is 3.13. The van der Waals surface area contributed by atoms with Crippen LogP contribution in [0.5, 0.6) is 0 Å². The van der Waals surface area contributed by atoms with Crippen LogP contribution in [0.3, 0.4) is 0 Å². The van der Waals surface area contributed by atoms with Crippen molar-refractivity contribution in [2.75, 3.05) is 13.2 Å². The molecule has 2 atom stereocenters. The lowest BCUT2D eigenvalue weighted by Crippen LogP contribution is -3.05. The summed E-state index contributed by atoms with van der Waals surface area (Å²) in [5.74, 6) is 0. The van der Waals surface area contributed by atoms with E-state index in [0.717, 1.165) is 0 Å². The maximum atomic E-state index is 12.9. The van der Waals surface area contributed by atoms with Gasteiger partial charge in [0.25, 0.3) is 0 Å². The van der Waals surface area contributed by atoms with Crippen LogP contribution >= 0.6 is 0 Å². The van der Waals surface area contributed by atoms with Gasteiger partial charge in [0.15, 0.2) is 11.2 Å². The Morgan fingerprint density at radius 3 is 2.17 bits per heavy atom. The van der Waals surface area contributed by atoms with E-state index in [9.17, 15) is 36.3 Å². The summed E-state index contributed by atoms with van der Waals surface area (Å²) in [6.07, 6.45) is -5.48. The summed E-state index contributed by atoms with van der Waals surface area (Å²) in [5.41, 5.74) is -4.10. The van der Waals surface area contributed by atoms with Gasteiger partial charge >= 0.3 is 18.4 Å². The zero-order chi connectivity index (χ0) is 21.4. The van der Waals surface area contributed by atoms with E-state index >= 15 is 0 Å². The molecule has 2 heterocycles. The highest BCUT2D eigenvalue weighted by Crippen LogP contribution is 2.36. The molecule has 2 aliphatic heterocycles. The zero-order valence-electron chi connectivity index (χ0n) is 14.6. The van der Waals surface area contributed by atoms with Gasteiger partial charge in [-0.2, -0.15) is 26.3 Å². The number of hydroxylamine groups is 2. The Bertz CT molecular complexity index is 833. The maximum Gasteiger partial charge on any atom is 0.416 e. The normalized spacial score (nSPS) is 24.4. The monoisotopic (exact) mass is 424 g/mol. The Kier molecular flexibility index (Phi) is 5.36. The van der Waals surface area contributed by atoms with Crippen LogP contribution < -0.4 is 15.7 Å². The smallest absolute Gasteiger partial charge is 0.374 e. The van der Waals surface area contributed by atoms with Crippen molar-refractivity contribution in [3.63, 3.8) is 0 Å². The maximum absolute atomic E-state index is 12.9. The quantitative estimate of drug-likeness (QED) is 0.547. The molecule has 2 amide bonds. The van der Waals surface area contributed by atoms with E-state index in [1.807, 2.05) is 0 Å². The molecule has 0 aromatic heterocycles. The summed E-state index contributed by atoms with van der Waals surface area (Å²) in [4.78, 5) is 11.6. The highest BCUT2D eigenvalue weighted by atomic mass is 19.4. The Morgan fingerprint density at radius 2 is 1.72 bits per heavy atom. The number of carbonyl (C=O) groups excluding carboxylic acids is 1. The molecule has 158 valence electrons. The number of carbonyl (C=O) groups is 1. The molecule has 1 aromatic carbocycles. The second-order valence-corrected chi connectivity index (χ2v) is 6.62. The molecule has 1 saturated heterocycles. The first kappa shape index (κ1) is 21.1. The molecule has 2 aliphatic rings. The number of rotatable bonds is 5. The van der Waals surface area contributed by atoms with Gasteiger partial charge in [-0.1, -0.05) is 0 Å². The van der Waals surface area contributed by atoms with Crippen molar-refractivity contribution in [2.45, 2.75) is 24.5 Å². The number of hydrogen-bond donors (Lipinski definition) is 4.